The molecule has 0 saturated carbocycles. The van der Waals surface area contributed by atoms with Gasteiger partial charge in [0.1, 0.15) is 6.61 Å². The zero-order valence-corrected chi connectivity index (χ0v) is 22.1. The van der Waals surface area contributed by atoms with Crippen molar-refractivity contribution in [2.75, 3.05) is 40.5 Å². The Morgan fingerprint density at radius 1 is 1.05 bits per heavy atom. The summed E-state index contributed by atoms with van der Waals surface area (Å²) in [4.78, 5) is 29.6. The summed E-state index contributed by atoms with van der Waals surface area (Å²) in [6, 6.07) is 15.1. The lowest BCUT2D eigenvalue weighted by Gasteiger charge is -2.34. The van der Waals surface area contributed by atoms with Gasteiger partial charge in [-0.3, -0.25) is 9.69 Å². The number of hydrogen-bond donors (Lipinski definition) is 0. The van der Waals surface area contributed by atoms with Crippen LogP contribution in [0.4, 0.5) is 4.79 Å². The van der Waals surface area contributed by atoms with Gasteiger partial charge in [0.2, 0.25) is 0 Å². The molecule has 2 atom stereocenters. The van der Waals surface area contributed by atoms with E-state index in [1.807, 2.05) is 54.6 Å². The van der Waals surface area contributed by atoms with Crippen molar-refractivity contribution in [1.82, 2.24) is 9.80 Å². The maximum absolute atomic E-state index is 13.1. The topological polar surface area (TPSA) is 77.5 Å². The van der Waals surface area contributed by atoms with E-state index in [9.17, 15) is 9.59 Å². The minimum atomic E-state index is -0.418. The van der Waals surface area contributed by atoms with Gasteiger partial charge in [0.25, 0.3) is 0 Å². The van der Waals surface area contributed by atoms with Crippen LogP contribution >= 0.6 is 0 Å². The Morgan fingerprint density at radius 2 is 1.81 bits per heavy atom. The second kappa shape index (κ2) is 14.3. The SMILES string of the molecule is C=CCN(CCc1ccc(OC)c(OC)c1)C1CCN(C(=O)OCc2ccccc2)C1CC(=O)OCC. The molecule has 1 aliphatic heterocycles. The Balaban J connectivity index is 1.73. The average molecular weight is 511 g/mol. The van der Waals surface area contributed by atoms with Crippen LogP contribution in [0.3, 0.4) is 0 Å². The molecule has 2 unspecified atom stereocenters. The molecule has 0 aliphatic carbocycles. The fourth-order valence-corrected chi connectivity index (χ4v) is 4.80. The molecule has 1 amide bonds. The van der Waals surface area contributed by atoms with Gasteiger partial charge in [0, 0.05) is 25.7 Å². The van der Waals surface area contributed by atoms with E-state index in [2.05, 4.69) is 11.5 Å². The number of amides is 1. The van der Waals surface area contributed by atoms with Crippen LogP contribution in [-0.4, -0.2) is 74.4 Å². The van der Waals surface area contributed by atoms with Crippen LogP contribution in [0.2, 0.25) is 0 Å². The van der Waals surface area contributed by atoms with Gasteiger partial charge in [-0.15, -0.1) is 6.58 Å². The van der Waals surface area contributed by atoms with Crippen LogP contribution in [0.15, 0.2) is 61.2 Å². The van der Waals surface area contributed by atoms with Crippen molar-refractivity contribution in [3.63, 3.8) is 0 Å². The second-order valence-electron chi connectivity index (χ2n) is 8.89. The highest BCUT2D eigenvalue weighted by Crippen LogP contribution is 2.30. The minimum Gasteiger partial charge on any atom is -0.493 e. The third-order valence-electron chi connectivity index (χ3n) is 6.60. The fraction of sp³-hybridized carbons (Fsp3) is 0.448. The van der Waals surface area contributed by atoms with Gasteiger partial charge in [-0.2, -0.15) is 0 Å². The molecule has 200 valence electrons. The fourth-order valence-electron chi connectivity index (χ4n) is 4.80. The van der Waals surface area contributed by atoms with Crippen molar-refractivity contribution >= 4 is 12.1 Å². The molecule has 1 fully saturated rings. The van der Waals surface area contributed by atoms with Crippen LogP contribution in [0.25, 0.3) is 0 Å². The molecule has 1 heterocycles. The molecule has 1 saturated heterocycles. The number of rotatable bonds is 13. The Hall–Kier alpha value is -3.52. The van der Waals surface area contributed by atoms with Crippen LogP contribution in [0, 0.1) is 0 Å². The summed E-state index contributed by atoms with van der Waals surface area (Å²) >= 11 is 0. The lowest BCUT2D eigenvalue weighted by molar-refractivity contribution is -0.144. The molecule has 0 radical (unpaired) electrons. The average Bonchev–Trinajstić information content (AvgIpc) is 3.33. The van der Waals surface area contributed by atoms with Crippen molar-refractivity contribution in [3.05, 3.63) is 72.3 Å². The standard InChI is InChI=1S/C29H38N2O6/c1-5-16-30(17-14-22-12-13-26(34-3)27(19-22)35-4)24-15-18-31(25(24)20-28(32)36-6-2)29(33)37-21-23-10-8-7-9-11-23/h5,7-13,19,24-25H,1,6,14-18,20-21H2,2-4H3. The number of benzene rings is 2. The molecule has 0 aromatic heterocycles. The first-order valence-corrected chi connectivity index (χ1v) is 12.7. The summed E-state index contributed by atoms with van der Waals surface area (Å²) in [6.45, 7) is 8.05. The molecule has 2 aromatic carbocycles. The molecular weight excluding hydrogens is 472 g/mol. The van der Waals surface area contributed by atoms with Gasteiger partial charge < -0.3 is 23.8 Å². The smallest absolute Gasteiger partial charge is 0.410 e. The summed E-state index contributed by atoms with van der Waals surface area (Å²) in [7, 11) is 3.24. The third kappa shape index (κ3) is 7.73. The van der Waals surface area contributed by atoms with E-state index < -0.39 is 6.09 Å². The molecule has 37 heavy (non-hydrogen) atoms. The monoisotopic (exact) mass is 510 g/mol. The second-order valence-corrected chi connectivity index (χ2v) is 8.89. The summed E-state index contributed by atoms with van der Waals surface area (Å²) in [6.07, 6.45) is 3.04. The Labute approximate surface area is 219 Å². The van der Waals surface area contributed by atoms with E-state index in [-0.39, 0.29) is 31.1 Å². The number of carbonyl (C=O) groups excluding carboxylic acids is 2. The van der Waals surface area contributed by atoms with Crippen molar-refractivity contribution in [2.45, 2.75) is 44.9 Å². The first-order valence-electron chi connectivity index (χ1n) is 12.7. The molecule has 1 aliphatic rings. The largest absolute Gasteiger partial charge is 0.493 e. The van der Waals surface area contributed by atoms with E-state index in [1.54, 1.807) is 26.0 Å². The van der Waals surface area contributed by atoms with Gasteiger partial charge in [0.15, 0.2) is 11.5 Å². The number of hydrogen-bond acceptors (Lipinski definition) is 7. The first-order chi connectivity index (χ1) is 18.0. The van der Waals surface area contributed by atoms with E-state index in [0.29, 0.717) is 31.2 Å². The molecule has 0 bridgehead atoms. The number of carbonyl (C=O) groups is 2. The van der Waals surface area contributed by atoms with E-state index in [0.717, 1.165) is 30.5 Å². The lowest BCUT2D eigenvalue weighted by Crippen LogP contribution is -2.48. The van der Waals surface area contributed by atoms with Crippen LogP contribution in [-0.2, 0) is 27.3 Å². The van der Waals surface area contributed by atoms with E-state index >= 15 is 0 Å². The Kier molecular flexibility index (Phi) is 10.8. The number of likely N-dealkylation sites (tertiary alicyclic amines) is 1. The predicted molar refractivity (Wildman–Crippen MR) is 142 cm³/mol. The highest BCUT2D eigenvalue weighted by molar-refractivity contribution is 5.73. The summed E-state index contributed by atoms with van der Waals surface area (Å²) in [5.74, 6) is 1.05. The van der Waals surface area contributed by atoms with Crippen molar-refractivity contribution in [1.29, 1.82) is 0 Å². The number of esters is 1. The molecule has 0 spiro atoms. The quantitative estimate of drug-likeness (QED) is 0.291. The molecule has 0 N–H and O–H groups in total. The summed E-state index contributed by atoms with van der Waals surface area (Å²) in [5.41, 5.74) is 2.02. The highest BCUT2D eigenvalue weighted by Gasteiger charge is 2.42. The minimum absolute atomic E-state index is 0.0353. The summed E-state index contributed by atoms with van der Waals surface area (Å²) < 4.78 is 21.7. The third-order valence-corrected chi connectivity index (χ3v) is 6.60. The predicted octanol–water partition coefficient (Wildman–Crippen LogP) is 4.47. The van der Waals surface area contributed by atoms with Crippen molar-refractivity contribution in [3.8, 4) is 11.5 Å². The van der Waals surface area contributed by atoms with E-state index in [4.69, 9.17) is 18.9 Å². The van der Waals surface area contributed by atoms with Crippen LogP contribution in [0.1, 0.15) is 30.9 Å². The Bertz CT molecular complexity index is 1030. The zero-order chi connectivity index (χ0) is 26.6. The van der Waals surface area contributed by atoms with Crippen molar-refractivity contribution < 1.29 is 28.5 Å². The first kappa shape index (κ1) is 28.1. The van der Waals surface area contributed by atoms with Gasteiger partial charge in [-0.1, -0.05) is 42.5 Å². The number of nitrogens with zero attached hydrogens (tertiary/aromatic N) is 2. The van der Waals surface area contributed by atoms with Crippen LogP contribution in [0.5, 0.6) is 11.5 Å². The van der Waals surface area contributed by atoms with Gasteiger partial charge in [0.05, 0.1) is 33.3 Å². The maximum atomic E-state index is 13.1. The Morgan fingerprint density at radius 3 is 2.49 bits per heavy atom. The lowest BCUT2D eigenvalue weighted by atomic mass is 10.0. The molecule has 8 nitrogen and oxygen atoms in total. The van der Waals surface area contributed by atoms with E-state index in [1.165, 1.54) is 0 Å². The zero-order valence-electron chi connectivity index (χ0n) is 22.1. The van der Waals surface area contributed by atoms with Gasteiger partial charge in [-0.05, 0) is 43.0 Å². The van der Waals surface area contributed by atoms with Gasteiger partial charge >= 0.3 is 12.1 Å². The normalized spacial score (nSPS) is 16.9. The molecular formula is C29H38N2O6. The number of ether oxygens (including phenoxy) is 4. The number of methoxy groups -OCH3 is 2. The molecule has 3 rings (SSSR count). The summed E-state index contributed by atoms with van der Waals surface area (Å²) in [5, 5.41) is 0. The molecule has 2 aromatic rings. The van der Waals surface area contributed by atoms with Crippen LogP contribution < -0.4 is 9.47 Å². The maximum Gasteiger partial charge on any atom is 0.410 e. The van der Waals surface area contributed by atoms with Crippen molar-refractivity contribution in [2.24, 2.45) is 0 Å². The van der Waals surface area contributed by atoms with Gasteiger partial charge in [-0.25, -0.2) is 4.79 Å². The highest BCUT2D eigenvalue weighted by atomic mass is 16.6. The molecule has 8 heteroatoms.